The SMILES string of the molecule is C=CCc1cccc([C@H]2C3=CC[C@@H]4C(=O)N(c5cccc(C(=O)O)c5)C(=O)[C@@H]4[C@@H]3C[C@@]3(Cl)C(=O)N(c4ccc(F)cc4)C(=O)[C@@]23Cl)c1O. The second-order valence-electron chi connectivity index (χ2n) is 12.5. The van der Waals surface area contributed by atoms with Crippen LogP contribution in [0.4, 0.5) is 15.8 Å². The van der Waals surface area contributed by atoms with Gasteiger partial charge in [-0.05, 0) is 73.2 Å². The predicted octanol–water partition coefficient (Wildman–Crippen LogP) is 5.73. The van der Waals surface area contributed by atoms with Crippen LogP contribution in [0.3, 0.4) is 0 Å². The minimum absolute atomic E-state index is 0.0377. The molecule has 2 aliphatic heterocycles. The van der Waals surface area contributed by atoms with Crippen molar-refractivity contribution in [3.63, 3.8) is 0 Å². The number of aromatic carboxylic acids is 1. The van der Waals surface area contributed by atoms with Crippen molar-refractivity contribution in [3.05, 3.63) is 114 Å². The number of alkyl halides is 2. The lowest BCUT2D eigenvalue weighted by atomic mass is 9.56. The van der Waals surface area contributed by atoms with Crippen LogP contribution in [-0.4, -0.2) is 49.6 Å². The van der Waals surface area contributed by atoms with E-state index >= 15 is 0 Å². The normalized spacial score (nSPS) is 29.4. The molecule has 48 heavy (non-hydrogen) atoms. The van der Waals surface area contributed by atoms with Crippen LogP contribution in [0.5, 0.6) is 5.75 Å². The highest BCUT2D eigenvalue weighted by Crippen LogP contribution is 2.66. The van der Waals surface area contributed by atoms with E-state index in [0.29, 0.717) is 11.1 Å². The first-order valence-corrected chi connectivity index (χ1v) is 16.0. The van der Waals surface area contributed by atoms with Gasteiger partial charge in [0.25, 0.3) is 11.8 Å². The van der Waals surface area contributed by atoms with E-state index in [1.165, 1.54) is 36.4 Å². The van der Waals surface area contributed by atoms with Crippen LogP contribution in [0, 0.1) is 23.6 Å². The number of nitrogens with zero attached hydrogens (tertiary/aromatic N) is 2. The molecule has 2 saturated heterocycles. The number of carbonyl (C=O) groups excluding carboxylic acids is 4. The molecule has 1 saturated carbocycles. The molecule has 2 N–H and O–H groups in total. The van der Waals surface area contributed by atoms with Crippen LogP contribution >= 0.6 is 23.2 Å². The number of imide groups is 2. The Morgan fingerprint density at radius 3 is 2.33 bits per heavy atom. The topological polar surface area (TPSA) is 132 Å². The first-order valence-electron chi connectivity index (χ1n) is 15.2. The van der Waals surface area contributed by atoms with Crippen LogP contribution in [0.25, 0.3) is 0 Å². The average Bonchev–Trinajstić information content (AvgIpc) is 3.40. The molecule has 0 radical (unpaired) electrons. The second kappa shape index (κ2) is 11.1. The standard InChI is InChI=1S/C36H27Cl2FN2O7/c1-2-5-18-6-4-9-25(29(18)42)28-23-14-15-24-27(31(44)40(30(24)43)22-8-3-7-19(16-22)32(45)46)26(23)17-35(37)33(47)41(34(48)36(28,35)38)21-12-10-20(39)11-13-21/h2-4,6-14,16,24,26-28,42H,1,5,15,17H2,(H,45,46)/t24-,26+,27-,28+,35+,36-/m0/s1. The lowest BCUT2D eigenvalue weighted by molar-refractivity contribution is -0.125. The van der Waals surface area contributed by atoms with Crippen molar-refractivity contribution in [2.45, 2.75) is 34.9 Å². The number of phenols is 1. The fourth-order valence-corrected chi connectivity index (χ4v) is 8.87. The first-order chi connectivity index (χ1) is 22.8. The van der Waals surface area contributed by atoms with E-state index in [9.17, 15) is 38.6 Å². The predicted molar refractivity (Wildman–Crippen MR) is 174 cm³/mol. The first kappa shape index (κ1) is 31.8. The van der Waals surface area contributed by atoms with Crippen molar-refractivity contribution in [2.24, 2.45) is 17.8 Å². The molecule has 3 fully saturated rings. The molecule has 12 heteroatoms. The van der Waals surface area contributed by atoms with Crippen molar-refractivity contribution in [2.75, 3.05) is 9.80 Å². The molecule has 9 nitrogen and oxygen atoms in total. The molecule has 3 aromatic carbocycles. The lowest BCUT2D eigenvalue weighted by Gasteiger charge is -2.50. The second-order valence-corrected chi connectivity index (χ2v) is 13.7. The summed E-state index contributed by atoms with van der Waals surface area (Å²) >= 11 is 14.7. The zero-order valence-electron chi connectivity index (χ0n) is 25.1. The van der Waals surface area contributed by atoms with Gasteiger partial charge in [-0.2, -0.15) is 0 Å². The molecular formula is C36H27Cl2FN2O7. The van der Waals surface area contributed by atoms with Gasteiger partial charge in [0.05, 0.1) is 28.8 Å². The largest absolute Gasteiger partial charge is 0.507 e. The Balaban J connectivity index is 1.41. The number of allylic oxidation sites excluding steroid dienone is 3. The van der Waals surface area contributed by atoms with Gasteiger partial charge >= 0.3 is 5.97 Å². The van der Waals surface area contributed by atoms with Crippen LogP contribution in [0.15, 0.2) is 91.0 Å². The number of halogens is 3. The van der Waals surface area contributed by atoms with E-state index in [1.54, 1.807) is 30.4 Å². The molecule has 6 atom stereocenters. The summed E-state index contributed by atoms with van der Waals surface area (Å²) in [5, 5.41) is 21.1. The highest BCUT2D eigenvalue weighted by Gasteiger charge is 2.77. The van der Waals surface area contributed by atoms with Gasteiger partial charge in [0.15, 0.2) is 9.75 Å². The summed E-state index contributed by atoms with van der Waals surface area (Å²) in [6.45, 7) is 3.74. The number of rotatable bonds is 6. The number of phenolic OH excluding ortho intramolecular Hbond substituents is 1. The summed E-state index contributed by atoms with van der Waals surface area (Å²) in [4.78, 5) is 66.1. The van der Waals surface area contributed by atoms with Crippen LogP contribution in [0.1, 0.15) is 40.2 Å². The summed E-state index contributed by atoms with van der Waals surface area (Å²) in [5.74, 6) is -8.94. The molecule has 2 aliphatic carbocycles. The number of hydrogen-bond acceptors (Lipinski definition) is 6. The van der Waals surface area contributed by atoms with Gasteiger partial charge in [0, 0.05) is 11.5 Å². The molecule has 244 valence electrons. The lowest BCUT2D eigenvalue weighted by Crippen LogP contribution is -2.60. The maximum Gasteiger partial charge on any atom is 0.335 e. The number of para-hydroxylation sites is 1. The van der Waals surface area contributed by atoms with Gasteiger partial charge in [-0.25, -0.2) is 14.1 Å². The fourth-order valence-electron chi connectivity index (χ4n) is 7.94. The van der Waals surface area contributed by atoms with E-state index in [1.807, 2.05) is 0 Å². The number of amides is 4. The quantitative estimate of drug-likeness (QED) is 0.192. The molecule has 4 amide bonds. The smallest absolute Gasteiger partial charge is 0.335 e. The average molecular weight is 690 g/mol. The zero-order chi connectivity index (χ0) is 34.3. The number of hydrogen-bond donors (Lipinski definition) is 2. The minimum atomic E-state index is -2.21. The Labute approximate surface area is 283 Å². The van der Waals surface area contributed by atoms with Crippen LogP contribution < -0.4 is 9.80 Å². The van der Waals surface area contributed by atoms with E-state index in [4.69, 9.17) is 23.2 Å². The Morgan fingerprint density at radius 1 is 0.938 bits per heavy atom. The number of anilines is 2. The van der Waals surface area contributed by atoms with Crippen molar-refractivity contribution < 1.29 is 38.6 Å². The molecule has 7 rings (SSSR count). The third kappa shape index (κ3) is 4.25. The van der Waals surface area contributed by atoms with Gasteiger partial charge in [-0.1, -0.05) is 42.0 Å². The number of carboxylic acid groups (broad SMARTS) is 1. The van der Waals surface area contributed by atoms with Crippen molar-refractivity contribution in [3.8, 4) is 5.75 Å². The summed E-state index contributed by atoms with van der Waals surface area (Å²) < 4.78 is 13.9. The number of fused-ring (bicyclic) bond motifs is 4. The van der Waals surface area contributed by atoms with Gasteiger partial charge in [-0.3, -0.25) is 24.1 Å². The molecule has 0 bridgehead atoms. The Morgan fingerprint density at radius 2 is 1.65 bits per heavy atom. The third-order valence-electron chi connectivity index (χ3n) is 10.1. The fraction of sp³-hybridized carbons (Fsp3) is 0.250. The Bertz CT molecular complexity index is 2000. The summed E-state index contributed by atoms with van der Waals surface area (Å²) in [5.41, 5.74) is 1.16. The molecule has 4 aliphatic rings. The van der Waals surface area contributed by atoms with Crippen molar-refractivity contribution in [1.82, 2.24) is 0 Å². The highest BCUT2D eigenvalue weighted by atomic mass is 35.5. The van der Waals surface area contributed by atoms with Crippen LogP contribution in [0.2, 0.25) is 0 Å². The number of carbonyl (C=O) groups is 5. The van der Waals surface area contributed by atoms with E-state index < -0.39 is 68.8 Å². The summed E-state index contributed by atoms with van der Waals surface area (Å²) in [6, 6.07) is 15.1. The molecular weight excluding hydrogens is 662 g/mol. The summed E-state index contributed by atoms with van der Waals surface area (Å²) in [7, 11) is 0. The Hall–Kier alpha value is -4.80. The maximum atomic E-state index is 14.5. The number of carboxylic acids is 1. The highest BCUT2D eigenvalue weighted by molar-refractivity contribution is 6.58. The molecule has 0 aromatic heterocycles. The number of benzene rings is 3. The zero-order valence-corrected chi connectivity index (χ0v) is 26.6. The van der Waals surface area contributed by atoms with Gasteiger partial charge in [-0.15, -0.1) is 29.8 Å². The minimum Gasteiger partial charge on any atom is -0.507 e. The van der Waals surface area contributed by atoms with E-state index in [-0.39, 0.29) is 47.5 Å². The molecule has 0 unspecified atom stereocenters. The molecule has 2 heterocycles. The van der Waals surface area contributed by atoms with Crippen LogP contribution in [-0.2, 0) is 25.6 Å². The third-order valence-corrected chi connectivity index (χ3v) is 11.5. The maximum absolute atomic E-state index is 14.5. The van der Waals surface area contributed by atoms with Crippen molar-refractivity contribution in [1.29, 1.82) is 0 Å². The Kier molecular flexibility index (Phi) is 7.37. The van der Waals surface area contributed by atoms with Gasteiger partial charge in [0.1, 0.15) is 11.6 Å². The van der Waals surface area contributed by atoms with Crippen molar-refractivity contribution >= 4 is 64.2 Å². The van der Waals surface area contributed by atoms with E-state index in [0.717, 1.165) is 21.9 Å². The monoisotopic (exact) mass is 688 g/mol. The summed E-state index contributed by atoms with van der Waals surface area (Å²) in [6.07, 6.45) is 3.36. The van der Waals surface area contributed by atoms with Gasteiger partial charge in [0.2, 0.25) is 11.8 Å². The number of aromatic hydroxyl groups is 1. The molecule has 0 spiro atoms. The van der Waals surface area contributed by atoms with Gasteiger partial charge < -0.3 is 10.2 Å². The molecule has 3 aromatic rings. The van der Waals surface area contributed by atoms with E-state index in [2.05, 4.69) is 6.58 Å².